The topological polar surface area (TPSA) is 35.5 Å². The van der Waals surface area contributed by atoms with Gasteiger partial charge in [-0.3, -0.25) is 4.90 Å². The van der Waals surface area contributed by atoms with Gasteiger partial charge in [0.15, 0.2) is 0 Å². The van der Waals surface area contributed by atoms with E-state index in [0.717, 1.165) is 51.9 Å². The molecule has 1 aliphatic rings. The van der Waals surface area contributed by atoms with Crippen molar-refractivity contribution in [2.45, 2.75) is 64.8 Å². The number of rotatable bonds is 7. The van der Waals surface area contributed by atoms with Gasteiger partial charge in [0.05, 0.1) is 6.10 Å². The van der Waals surface area contributed by atoms with E-state index in [4.69, 9.17) is 0 Å². The Labute approximate surface area is 129 Å². The molecular formula is C18H30N2O. The predicted octanol–water partition coefficient (Wildman–Crippen LogP) is 2.92. The first-order valence-electron chi connectivity index (χ1n) is 8.43. The van der Waals surface area contributed by atoms with Crippen LogP contribution in [0.2, 0.25) is 0 Å². The van der Waals surface area contributed by atoms with Gasteiger partial charge in [-0.25, -0.2) is 0 Å². The molecule has 0 heterocycles. The van der Waals surface area contributed by atoms with Crippen molar-refractivity contribution < 1.29 is 5.11 Å². The zero-order valence-electron chi connectivity index (χ0n) is 13.5. The highest BCUT2D eigenvalue weighted by Gasteiger charge is 2.19. The van der Waals surface area contributed by atoms with Gasteiger partial charge in [0.2, 0.25) is 0 Å². The Morgan fingerprint density at radius 3 is 2.29 bits per heavy atom. The van der Waals surface area contributed by atoms with Gasteiger partial charge >= 0.3 is 0 Å². The molecule has 21 heavy (non-hydrogen) atoms. The van der Waals surface area contributed by atoms with Crippen molar-refractivity contribution in [1.82, 2.24) is 10.2 Å². The largest absolute Gasteiger partial charge is 0.393 e. The minimum Gasteiger partial charge on any atom is -0.393 e. The van der Waals surface area contributed by atoms with Crippen LogP contribution in [-0.4, -0.2) is 35.2 Å². The molecule has 0 atom stereocenters. The molecule has 3 heteroatoms. The molecule has 1 fully saturated rings. The Balaban J connectivity index is 1.90. The van der Waals surface area contributed by atoms with Crippen LogP contribution in [0.5, 0.6) is 0 Å². The highest BCUT2D eigenvalue weighted by molar-refractivity contribution is 5.27. The fourth-order valence-corrected chi connectivity index (χ4v) is 3.11. The summed E-state index contributed by atoms with van der Waals surface area (Å²) in [4.78, 5) is 2.45. The zero-order chi connectivity index (χ0) is 15.1. The Morgan fingerprint density at radius 1 is 1.05 bits per heavy atom. The minimum atomic E-state index is -0.0713. The second kappa shape index (κ2) is 8.52. The number of nitrogens with zero attached hydrogens (tertiary/aromatic N) is 1. The Morgan fingerprint density at radius 2 is 1.67 bits per heavy atom. The predicted molar refractivity (Wildman–Crippen MR) is 88.2 cm³/mol. The average molecular weight is 290 g/mol. The van der Waals surface area contributed by atoms with Crippen molar-refractivity contribution in [3.05, 3.63) is 35.4 Å². The summed E-state index contributed by atoms with van der Waals surface area (Å²) >= 11 is 0. The van der Waals surface area contributed by atoms with E-state index < -0.39 is 0 Å². The van der Waals surface area contributed by atoms with E-state index in [0.29, 0.717) is 6.04 Å². The molecule has 0 aliphatic heterocycles. The summed E-state index contributed by atoms with van der Waals surface area (Å²) in [5.41, 5.74) is 2.85. The van der Waals surface area contributed by atoms with Crippen molar-refractivity contribution >= 4 is 0 Å². The quantitative estimate of drug-likeness (QED) is 0.810. The van der Waals surface area contributed by atoms with E-state index in [1.165, 1.54) is 11.1 Å². The molecule has 118 valence electrons. The number of aliphatic hydroxyl groups excluding tert-OH is 1. The normalized spacial score (nSPS) is 22.7. The summed E-state index contributed by atoms with van der Waals surface area (Å²) in [5.74, 6) is 0. The summed E-state index contributed by atoms with van der Waals surface area (Å²) < 4.78 is 0. The molecule has 3 nitrogen and oxygen atoms in total. The van der Waals surface area contributed by atoms with Gasteiger partial charge in [0.1, 0.15) is 0 Å². The van der Waals surface area contributed by atoms with Crippen LogP contribution in [0.3, 0.4) is 0 Å². The van der Waals surface area contributed by atoms with Gasteiger partial charge in [-0.15, -0.1) is 0 Å². The maximum Gasteiger partial charge on any atom is 0.0541 e. The third kappa shape index (κ3) is 5.10. The maximum atomic E-state index is 9.58. The third-order valence-corrected chi connectivity index (χ3v) is 4.68. The lowest BCUT2D eigenvalue weighted by atomic mass is 9.93. The van der Waals surface area contributed by atoms with Crippen LogP contribution >= 0.6 is 0 Å². The van der Waals surface area contributed by atoms with Crippen LogP contribution in [0, 0.1) is 0 Å². The molecule has 1 aromatic carbocycles. The highest BCUT2D eigenvalue weighted by atomic mass is 16.3. The van der Waals surface area contributed by atoms with E-state index >= 15 is 0 Å². The lowest BCUT2D eigenvalue weighted by molar-refractivity contribution is 0.116. The molecule has 0 radical (unpaired) electrons. The summed E-state index contributed by atoms with van der Waals surface area (Å²) in [5, 5.41) is 13.3. The SMILES string of the molecule is CCN(CC)Cc1ccccc1CNC1CCC(O)CC1. The fraction of sp³-hybridized carbons (Fsp3) is 0.667. The number of benzene rings is 1. The summed E-state index contributed by atoms with van der Waals surface area (Å²) in [6.07, 6.45) is 4.01. The Kier molecular flexibility index (Phi) is 6.68. The molecule has 0 saturated heterocycles. The van der Waals surface area contributed by atoms with Crippen LogP contribution in [0.1, 0.15) is 50.7 Å². The number of hydrogen-bond donors (Lipinski definition) is 2. The van der Waals surface area contributed by atoms with Gasteiger partial charge in [-0.05, 0) is 49.9 Å². The van der Waals surface area contributed by atoms with Crippen LogP contribution < -0.4 is 5.32 Å². The standard InChI is InChI=1S/C18H30N2O/c1-3-20(4-2)14-16-8-6-5-7-15(16)13-19-17-9-11-18(21)12-10-17/h5-8,17-19,21H,3-4,9-14H2,1-2H3. The molecule has 1 saturated carbocycles. The van der Waals surface area contributed by atoms with Gasteiger partial charge in [0, 0.05) is 19.1 Å². The van der Waals surface area contributed by atoms with Crippen molar-refractivity contribution in [3.8, 4) is 0 Å². The van der Waals surface area contributed by atoms with Crippen LogP contribution in [0.15, 0.2) is 24.3 Å². The second-order valence-electron chi connectivity index (χ2n) is 6.12. The zero-order valence-corrected chi connectivity index (χ0v) is 13.5. The second-order valence-corrected chi connectivity index (χ2v) is 6.12. The van der Waals surface area contributed by atoms with E-state index in [-0.39, 0.29) is 6.10 Å². The van der Waals surface area contributed by atoms with Crippen molar-refractivity contribution in [2.75, 3.05) is 13.1 Å². The molecule has 1 aromatic rings. The molecular weight excluding hydrogens is 260 g/mol. The Hall–Kier alpha value is -0.900. The number of nitrogens with one attached hydrogen (secondary N) is 1. The van der Waals surface area contributed by atoms with E-state index in [1.807, 2.05) is 0 Å². The first-order chi connectivity index (χ1) is 10.2. The highest BCUT2D eigenvalue weighted by Crippen LogP contribution is 2.19. The summed E-state index contributed by atoms with van der Waals surface area (Å²) in [6.45, 7) is 8.61. The molecule has 0 aromatic heterocycles. The summed E-state index contributed by atoms with van der Waals surface area (Å²) in [6, 6.07) is 9.32. The smallest absolute Gasteiger partial charge is 0.0541 e. The molecule has 0 spiro atoms. The van der Waals surface area contributed by atoms with Gasteiger partial charge in [-0.1, -0.05) is 38.1 Å². The van der Waals surface area contributed by atoms with Crippen molar-refractivity contribution in [2.24, 2.45) is 0 Å². The monoisotopic (exact) mass is 290 g/mol. The van der Waals surface area contributed by atoms with Crippen molar-refractivity contribution in [1.29, 1.82) is 0 Å². The molecule has 1 aliphatic carbocycles. The number of hydrogen-bond acceptors (Lipinski definition) is 3. The lowest BCUT2D eigenvalue weighted by Crippen LogP contribution is -2.34. The molecule has 0 bridgehead atoms. The molecule has 2 rings (SSSR count). The van der Waals surface area contributed by atoms with Crippen LogP contribution in [0.25, 0.3) is 0 Å². The first kappa shape index (κ1) is 16.5. The van der Waals surface area contributed by atoms with Gasteiger partial charge in [-0.2, -0.15) is 0 Å². The van der Waals surface area contributed by atoms with Gasteiger partial charge < -0.3 is 10.4 Å². The minimum absolute atomic E-state index is 0.0713. The summed E-state index contributed by atoms with van der Waals surface area (Å²) in [7, 11) is 0. The van der Waals surface area contributed by atoms with Gasteiger partial charge in [0.25, 0.3) is 0 Å². The first-order valence-corrected chi connectivity index (χ1v) is 8.43. The van der Waals surface area contributed by atoms with E-state index in [1.54, 1.807) is 0 Å². The Bertz CT molecular complexity index is 409. The number of aliphatic hydroxyl groups is 1. The van der Waals surface area contributed by atoms with Crippen LogP contribution in [0.4, 0.5) is 0 Å². The van der Waals surface area contributed by atoms with E-state index in [2.05, 4.69) is 48.3 Å². The third-order valence-electron chi connectivity index (χ3n) is 4.68. The van der Waals surface area contributed by atoms with Crippen molar-refractivity contribution in [3.63, 3.8) is 0 Å². The maximum absolute atomic E-state index is 9.58. The van der Waals surface area contributed by atoms with E-state index in [9.17, 15) is 5.11 Å². The van der Waals surface area contributed by atoms with Crippen LogP contribution in [-0.2, 0) is 13.1 Å². The molecule has 0 unspecified atom stereocenters. The fourth-order valence-electron chi connectivity index (χ4n) is 3.11. The lowest BCUT2D eigenvalue weighted by Gasteiger charge is -2.27. The molecule has 0 amide bonds. The average Bonchev–Trinajstić information content (AvgIpc) is 2.53. The molecule has 2 N–H and O–H groups in total.